The van der Waals surface area contributed by atoms with E-state index in [0.717, 1.165) is 16.7 Å². The van der Waals surface area contributed by atoms with Gasteiger partial charge in [-0.05, 0) is 36.1 Å². The molecule has 0 heterocycles. The van der Waals surface area contributed by atoms with Gasteiger partial charge in [0.15, 0.2) is 0 Å². The van der Waals surface area contributed by atoms with Crippen molar-refractivity contribution in [1.82, 2.24) is 5.32 Å². The van der Waals surface area contributed by atoms with Crippen molar-refractivity contribution in [3.8, 4) is 6.07 Å². The Balaban J connectivity index is 1.69. The molecule has 0 saturated carbocycles. The number of carbonyl (C=O) groups excluding carboxylic acids is 1. The van der Waals surface area contributed by atoms with Crippen LogP contribution in [-0.2, 0) is 11.3 Å². The van der Waals surface area contributed by atoms with Crippen molar-refractivity contribution in [3.05, 3.63) is 76.9 Å². The summed E-state index contributed by atoms with van der Waals surface area (Å²) in [5, 5.41) is 11.7. The second kappa shape index (κ2) is 9.16. The second-order valence-corrected chi connectivity index (χ2v) is 5.37. The third kappa shape index (κ3) is 5.62. The number of rotatable bonds is 6. The molecule has 0 spiro atoms. The molecular weight excluding hydrogens is 300 g/mol. The molecule has 0 aromatic heterocycles. The van der Waals surface area contributed by atoms with E-state index in [-0.39, 0.29) is 6.61 Å². The van der Waals surface area contributed by atoms with Crippen LogP contribution in [0.4, 0.5) is 4.79 Å². The van der Waals surface area contributed by atoms with Crippen LogP contribution in [0.1, 0.15) is 28.7 Å². The molecule has 4 nitrogen and oxygen atoms in total. The van der Waals surface area contributed by atoms with Gasteiger partial charge in [-0.25, -0.2) is 4.79 Å². The molecule has 122 valence electrons. The van der Waals surface area contributed by atoms with Gasteiger partial charge in [0, 0.05) is 6.54 Å². The largest absolute Gasteiger partial charge is 0.445 e. The average Bonchev–Trinajstić information content (AvgIpc) is 2.62. The number of amides is 1. The van der Waals surface area contributed by atoms with E-state index >= 15 is 0 Å². The zero-order valence-corrected chi connectivity index (χ0v) is 13.7. The number of benzene rings is 2. The summed E-state index contributed by atoms with van der Waals surface area (Å²) in [6, 6.07) is 17.5. The Labute approximate surface area is 142 Å². The molecule has 0 aliphatic carbocycles. The third-order valence-electron chi connectivity index (χ3n) is 3.49. The summed E-state index contributed by atoms with van der Waals surface area (Å²) in [6.07, 6.45) is 4.17. The lowest BCUT2D eigenvalue weighted by Crippen LogP contribution is -2.24. The van der Waals surface area contributed by atoms with Crippen molar-refractivity contribution in [3.63, 3.8) is 0 Å². The zero-order valence-electron chi connectivity index (χ0n) is 13.7. The van der Waals surface area contributed by atoms with Crippen LogP contribution in [0.3, 0.4) is 0 Å². The summed E-state index contributed by atoms with van der Waals surface area (Å²) in [7, 11) is 0. The molecule has 0 radical (unpaired) electrons. The lowest BCUT2D eigenvalue weighted by Gasteiger charge is -2.05. The van der Waals surface area contributed by atoms with Gasteiger partial charge in [0.25, 0.3) is 0 Å². The monoisotopic (exact) mass is 320 g/mol. The van der Waals surface area contributed by atoms with Gasteiger partial charge in [-0.2, -0.15) is 5.26 Å². The van der Waals surface area contributed by atoms with E-state index in [1.54, 1.807) is 0 Å². The fourth-order valence-electron chi connectivity index (χ4n) is 2.11. The summed E-state index contributed by atoms with van der Waals surface area (Å²) in [5.41, 5.74) is 3.58. The van der Waals surface area contributed by atoms with Gasteiger partial charge in [0.05, 0.1) is 11.6 Å². The summed E-state index contributed by atoms with van der Waals surface area (Å²) >= 11 is 0. The first-order chi connectivity index (χ1) is 11.7. The minimum atomic E-state index is -0.422. The fourth-order valence-corrected chi connectivity index (χ4v) is 2.11. The number of ether oxygens (including phenoxy) is 1. The Hall–Kier alpha value is -3.06. The Kier molecular flexibility index (Phi) is 6.60. The Morgan fingerprint density at radius 1 is 1.25 bits per heavy atom. The van der Waals surface area contributed by atoms with E-state index in [1.165, 1.54) is 0 Å². The lowest BCUT2D eigenvalue weighted by molar-refractivity contribution is 0.140. The molecule has 0 aliphatic heterocycles. The number of carbonyl (C=O) groups is 1. The Morgan fingerprint density at radius 2 is 2.04 bits per heavy atom. The van der Waals surface area contributed by atoms with E-state index in [0.29, 0.717) is 18.5 Å². The molecule has 2 aromatic rings. The predicted molar refractivity (Wildman–Crippen MR) is 94.2 cm³/mol. The highest BCUT2D eigenvalue weighted by atomic mass is 16.5. The summed E-state index contributed by atoms with van der Waals surface area (Å²) in [4.78, 5) is 11.6. The minimum absolute atomic E-state index is 0.267. The zero-order chi connectivity index (χ0) is 17.2. The average molecular weight is 320 g/mol. The highest BCUT2D eigenvalue weighted by Crippen LogP contribution is 2.11. The summed E-state index contributed by atoms with van der Waals surface area (Å²) in [6.45, 7) is 2.68. The van der Waals surface area contributed by atoms with E-state index < -0.39 is 6.09 Å². The first-order valence-electron chi connectivity index (χ1n) is 7.81. The van der Waals surface area contributed by atoms with Crippen molar-refractivity contribution >= 4 is 12.2 Å². The van der Waals surface area contributed by atoms with Crippen molar-refractivity contribution < 1.29 is 9.53 Å². The lowest BCUT2D eigenvalue weighted by atomic mass is 10.1. The number of nitrogens with one attached hydrogen (secondary N) is 1. The molecule has 0 atom stereocenters. The standard InChI is InChI=1S/C20H20N2O2/c1-16-10-11-17(13-19(16)14-21)7-5-6-12-22-20(23)24-15-18-8-3-2-4-9-18/h2-5,7-11,13H,6,12,15H2,1H3,(H,22,23). The van der Waals surface area contributed by atoms with E-state index in [1.807, 2.05) is 67.6 Å². The Morgan fingerprint density at radius 3 is 2.79 bits per heavy atom. The quantitative estimate of drug-likeness (QED) is 0.812. The van der Waals surface area contributed by atoms with Gasteiger partial charge in [-0.3, -0.25) is 0 Å². The van der Waals surface area contributed by atoms with Crippen LogP contribution < -0.4 is 5.32 Å². The molecule has 0 fully saturated rings. The molecule has 0 unspecified atom stereocenters. The van der Waals surface area contributed by atoms with E-state index in [9.17, 15) is 4.79 Å². The highest BCUT2D eigenvalue weighted by molar-refractivity contribution is 5.67. The van der Waals surface area contributed by atoms with Crippen LogP contribution in [0.2, 0.25) is 0 Å². The number of hydrogen-bond acceptors (Lipinski definition) is 3. The number of alkyl carbamates (subject to hydrolysis) is 1. The van der Waals surface area contributed by atoms with Crippen molar-refractivity contribution in [2.75, 3.05) is 6.54 Å². The normalized spacial score (nSPS) is 10.3. The summed E-state index contributed by atoms with van der Waals surface area (Å²) in [5.74, 6) is 0. The van der Waals surface area contributed by atoms with Gasteiger partial charge >= 0.3 is 6.09 Å². The molecule has 1 amide bonds. The minimum Gasteiger partial charge on any atom is -0.445 e. The molecule has 2 aromatic carbocycles. The predicted octanol–water partition coefficient (Wildman–Crippen LogP) is 4.20. The van der Waals surface area contributed by atoms with Gasteiger partial charge in [0.1, 0.15) is 6.61 Å². The second-order valence-electron chi connectivity index (χ2n) is 5.37. The first-order valence-corrected chi connectivity index (χ1v) is 7.81. The van der Waals surface area contributed by atoms with Gasteiger partial charge in [-0.15, -0.1) is 0 Å². The molecule has 0 saturated heterocycles. The van der Waals surface area contributed by atoms with Gasteiger partial charge < -0.3 is 10.1 Å². The fraction of sp³-hybridized carbons (Fsp3) is 0.200. The van der Waals surface area contributed by atoms with E-state index in [4.69, 9.17) is 10.00 Å². The van der Waals surface area contributed by atoms with Gasteiger partial charge in [0.2, 0.25) is 0 Å². The Bertz CT molecular complexity index is 746. The molecule has 24 heavy (non-hydrogen) atoms. The first kappa shape index (κ1) is 17.3. The molecule has 4 heteroatoms. The molecule has 0 bridgehead atoms. The topological polar surface area (TPSA) is 62.1 Å². The van der Waals surface area contributed by atoms with Crippen LogP contribution in [0, 0.1) is 18.3 Å². The van der Waals surface area contributed by atoms with Crippen molar-refractivity contribution in [1.29, 1.82) is 5.26 Å². The van der Waals surface area contributed by atoms with Crippen LogP contribution in [0.5, 0.6) is 0 Å². The van der Waals surface area contributed by atoms with Crippen LogP contribution >= 0.6 is 0 Å². The number of nitriles is 1. The third-order valence-corrected chi connectivity index (χ3v) is 3.49. The number of nitrogens with zero attached hydrogens (tertiary/aromatic N) is 1. The molecule has 1 N–H and O–H groups in total. The van der Waals surface area contributed by atoms with Crippen molar-refractivity contribution in [2.45, 2.75) is 20.0 Å². The maximum Gasteiger partial charge on any atom is 0.407 e. The SMILES string of the molecule is Cc1ccc(C=CCCNC(=O)OCc2ccccc2)cc1C#N. The van der Waals surface area contributed by atoms with Gasteiger partial charge in [-0.1, -0.05) is 54.6 Å². The number of hydrogen-bond donors (Lipinski definition) is 1. The number of aryl methyl sites for hydroxylation is 1. The van der Waals surface area contributed by atoms with Crippen LogP contribution in [0.15, 0.2) is 54.6 Å². The van der Waals surface area contributed by atoms with Crippen LogP contribution in [0.25, 0.3) is 6.08 Å². The highest BCUT2D eigenvalue weighted by Gasteiger charge is 2.01. The maximum absolute atomic E-state index is 11.6. The van der Waals surface area contributed by atoms with Crippen LogP contribution in [-0.4, -0.2) is 12.6 Å². The molecule has 2 rings (SSSR count). The maximum atomic E-state index is 11.6. The summed E-state index contributed by atoms with van der Waals surface area (Å²) < 4.78 is 5.13. The molecule has 0 aliphatic rings. The van der Waals surface area contributed by atoms with E-state index in [2.05, 4.69) is 11.4 Å². The molecular formula is C20H20N2O2. The van der Waals surface area contributed by atoms with Crippen molar-refractivity contribution in [2.24, 2.45) is 0 Å². The smallest absolute Gasteiger partial charge is 0.407 e.